The van der Waals surface area contributed by atoms with Gasteiger partial charge in [-0.2, -0.15) is 0 Å². The molecule has 0 bridgehead atoms. The standard InChI is InChI=1S/C16H23NO3S2/c18-16(17-10-12-5-4-8-22(19,20)11-12)15-9-13-6-2-1-3-7-14(13)21-15/h9,12H,1-8,10-11H2,(H,17,18). The molecule has 1 unspecified atom stereocenters. The minimum absolute atomic E-state index is 0.0407. The van der Waals surface area contributed by atoms with Crippen LogP contribution < -0.4 is 5.32 Å². The topological polar surface area (TPSA) is 63.2 Å². The number of carbonyl (C=O) groups excluding carboxylic acids is 1. The predicted octanol–water partition coefficient (Wildman–Crippen LogP) is 2.57. The Morgan fingerprint density at radius 2 is 2.05 bits per heavy atom. The number of aryl methyl sites for hydroxylation is 2. The van der Waals surface area contributed by atoms with Gasteiger partial charge in [-0.1, -0.05) is 6.42 Å². The van der Waals surface area contributed by atoms with Crippen LogP contribution in [0.1, 0.15) is 52.2 Å². The molecule has 1 N–H and O–H groups in total. The molecule has 0 spiro atoms. The molecule has 1 aromatic rings. The zero-order chi connectivity index (χ0) is 15.6. The molecule has 0 aromatic carbocycles. The highest BCUT2D eigenvalue weighted by molar-refractivity contribution is 7.91. The Morgan fingerprint density at radius 3 is 2.86 bits per heavy atom. The van der Waals surface area contributed by atoms with Gasteiger partial charge in [-0.15, -0.1) is 11.3 Å². The molecule has 2 heterocycles. The van der Waals surface area contributed by atoms with Gasteiger partial charge < -0.3 is 5.32 Å². The number of sulfone groups is 1. The number of hydrogen-bond acceptors (Lipinski definition) is 4. The average Bonchev–Trinajstić information content (AvgIpc) is 2.75. The van der Waals surface area contributed by atoms with Gasteiger partial charge in [0, 0.05) is 11.4 Å². The molecule has 1 fully saturated rings. The van der Waals surface area contributed by atoms with Gasteiger partial charge in [0.1, 0.15) is 0 Å². The molecule has 1 aliphatic carbocycles. The minimum Gasteiger partial charge on any atom is -0.351 e. The van der Waals surface area contributed by atoms with E-state index < -0.39 is 9.84 Å². The lowest BCUT2D eigenvalue weighted by Crippen LogP contribution is -2.35. The number of nitrogens with one attached hydrogen (secondary N) is 1. The smallest absolute Gasteiger partial charge is 0.261 e. The van der Waals surface area contributed by atoms with Gasteiger partial charge in [-0.25, -0.2) is 8.42 Å². The molecular formula is C16H23NO3S2. The third-order valence-corrected chi connectivity index (χ3v) is 7.70. The SMILES string of the molecule is O=C(NCC1CCCS(=O)(=O)C1)c1cc2c(s1)CCCCC2. The molecule has 0 saturated carbocycles. The second-order valence-electron chi connectivity index (χ2n) is 6.45. The fraction of sp³-hybridized carbons (Fsp3) is 0.688. The number of fused-ring (bicyclic) bond motifs is 1. The third kappa shape index (κ3) is 3.90. The van der Waals surface area contributed by atoms with E-state index in [0.717, 1.165) is 30.6 Å². The van der Waals surface area contributed by atoms with Crippen LogP contribution >= 0.6 is 11.3 Å². The van der Waals surface area contributed by atoms with E-state index in [1.165, 1.54) is 29.7 Å². The Labute approximate surface area is 136 Å². The molecule has 22 heavy (non-hydrogen) atoms. The Hall–Kier alpha value is -0.880. The van der Waals surface area contributed by atoms with Gasteiger partial charge in [-0.3, -0.25) is 4.79 Å². The third-order valence-electron chi connectivity index (χ3n) is 4.58. The summed E-state index contributed by atoms with van der Waals surface area (Å²) in [5, 5.41) is 2.94. The minimum atomic E-state index is -2.90. The Balaban J connectivity index is 1.58. The Kier molecular flexibility index (Phi) is 4.88. The van der Waals surface area contributed by atoms with E-state index >= 15 is 0 Å². The van der Waals surface area contributed by atoms with Crippen molar-refractivity contribution in [3.63, 3.8) is 0 Å². The van der Waals surface area contributed by atoms with Crippen LogP contribution in [0.15, 0.2) is 6.07 Å². The van der Waals surface area contributed by atoms with Crippen molar-refractivity contribution in [1.82, 2.24) is 5.32 Å². The second-order valence-corrected chi connectivity index (χ2v) is 9.82. The number of thiophene rings is 1. The van der Waals surface area contributed by atoms with E-state index in [0.29, 0.717) is 12.3 Å². The quantitative estimate of drug-likeness (QED) is 0.860. The average molecular weight is 341 g/mol. The van der Waals surface area contributed by atoms with E-state index in [1.54, 1.807) is 11.3 Å². The van der Waals surface area contributed by atoms with Crippen LogP contribution in [0.25, 0.3) is 0 Å². The van der Waals surface area contributed by atoms with Gasteiger partial charge >= 0.3 is 0 Å². The summed E-state index contributed by atoms with van der Waals surface area (Å²) in [4.78, 5) is 14.4. The van der Waals surface area contributed by atoms with Gasteiger partial charge in [0.15, 0.2) is 9.84 Å². The van der Waals surface area contributed by atoms with Crippen molar-refractivity contribution >= 4 is 27.1 Å². The summed E-state index contributed by atoms with van der Waals surface area (Å²) < 4.78 is 23.3. The Morgan fingerprint density at radius 1 is 1.23 bits per heavy atom. The van der Waals surface area contributed by atoms with E-state index in [-0.39, 0.29) is 17.6 Å². The van der Waals surface area contributed by atoms with Crippen molar-refractivity contribution < 1.29 is 13.2 Å². The molecule has 1 amide bonds. The van der Waals surface area contributed by atoms with Crippen LogP contribution in [0.2, 0.25) is 0 Å². The van der Waals surface area contributed by atoms with Gasteiger partial charge in [0.05, 0.1) is 16.4 Å². The molecule has 1 aliphatic heterocycles. The molecule has 3 rings (SSSR count). The van der Waals surface area contributed by atoms with Crippen LogP contribution in [0.4, 0.5) is 0 Å². The number of rotatable bonds is 3. The van der Waals surface area contributed by atoms with E-state index in [9.17, 15) is 13.2 Å². The molecular weight excluding hydrogens is 318 g/mol. The lowest BCUT2D eigenvalue weighted by atomic mass is 10.1. The highest BCUT2D eigenvalue weighted by atomic mass is 32.2. The van der Waals surface area contributed by atoms with Crippen LogP contribution in [-0.4, -0.2) is 32.4 Å². The maximum Gasteiger partial charge on any atom is 0.261 e. The molecule has 1 aromatic heterocycles. The lowest BCUT2D eigenvalue weighted by Gasteiger charge is -2.21. The lowest BCUT2D eigenvalue weighted by molar-refractivity contribution is 0.0951. The highest BCUT2D eigenvalue weighted by Gasteiger charge is 2.25. The van der Waals surface area contributed by atoms with Crippen LogP contribution in [0, 0.1) is 5.92 Å². The Bertz CT molecular complexity index is 625. The number of hydrogen-bond donors (Lipinski definition) is 1. The fourth-order valence-electron chi connectivity index (χ4n) is 3.38. The second kappa shape index (κ2) is 6.71. The summed E-state index contributed by atoms with van der Waals surface area (Å²) in [7, 11) is -2.90. The van der Waals surface area contributed by atoms with Crippen LogP contribution in [0.5, 0.6) is 0 Å². The summed E-state index contributed by atoms with van der Waals surface area (Å²) in [6, 6.07) is 2.04. The molecule has 122 valence electrons. The molecule has 4 nitrogen and oxygen atoms in total. The van der Waals surface area contributed by atoms with Crippen molar-refractivity contribution in [2.24, 2.45) is 5.92 Å². The zero-order valence-electron chi connectivity index (χ0n) is 12.8. The molecule has 1 saturated heterocycles. The highest BCUT2D eigenvalue weighted by Crippen LogP contribution is 2.29. The molecule has 0 radical (unpaired) electrons. The van der Waals surface area contributed by atoms with Crippen molar-refractivity contribution in [2.75, 3.05) is 18.1 Å². The van der Waals surface area contributed by atoms with Crippen molar-refractivity contribution in [3.8, 4) is 0 Å². The van der Waals surface area contributed by atoms with Gasteiger partial charge in [0.25, 0.3) is 5.91 Å². The fourth-order valence-corrected chi connectivity index (χ4v) is 6.33. The van der Waals surface area contributed by atoms with E-state index in [2.05, 4.69) is 5.32 Å². The van der Waals surface area contributed by atoms with E-state index in [4.69, 9.17) is 0 Å². The van der Waals surface area contributed by atoms with Crippen molar-refractivity contribution in [2.45, 2.75) is 44.9 Å². The summed E-state index contributed by atoms with van der Waals surface area (Å²) in [5.74, 6) is 0.546. The number of amides is 1. The van der Waals surface area contributed by atoms with Crippen molar-refractivity contribution in [3.05, 3.63) is 21.4 Å². The van der Waals surface area contributed by atoms with E-state index in [1.807, 2.05) is 6.07 Å². The first-order valence-electron chi connectivity index (χ1n) is 8.14. The largest absolute Gasteiger partial charge is 0.351 e. The van der Waals surface area contributed by atoms with Crippen molar-refractivity contribution in [1.29, 1.82) is 0 Å². The first-order valence-corrected chi connectivity index (χ1v) is 10.8. The van der Waals surface area contributed by atoms with Crippen LogP contribution in [-0.2, 0) is 22.7 Å². The first kappa shape index (κ1) is 16.0. The zero-order valence-corrected chi connectivity index (χ0v) is 14.4. The summed E-state index contributed by atoms with van der Waals surface area (Å²) in [5.41, 5.74) is 1.34. The van der Waals surface area contributed by atoms with Crippen LogP contribution in [0.3, 0.4) is 0 Å². The number of carbonyl (C=O) groups is 1. The predicted molar refractivity (Wildman–Crippen MR) is 89.3 cm³/mol. The first-order chi connectivity index (χ1) is 10.5. The molecule has 1 atom stereocenters. The van der Waals surface area contributed by atoms with Gasteiger partial charge in [0.2, 0.25) is 0 Å². The monoisotopic (exact) mass is 341 g/mol. The normalized spacial score (nSPS) is 24.3. The molecule has 2 aliphatic rings. The van der Waals surface area contributed by atoms with Gasteiger partial charge in [-0.05, 0) is 56.1 Å². The molecule has 6 heteroatoms. The summed E-state index contributed by atoms with van der Waals surface area (Å²) >= 11 is 1.61. The maximum atomic E-state index is 12.3. The maximum absolute atomic E-state index is 12.3. The summed E-state index contributed by atoms with van der Waals surface area (Å²) in [6.45, 7) is 0.473. The summed E-state index contributed by atoms with van der Waals surface area (Å²) in [6.07, 6.45) is 7.49.